The summed E-state index contributed by atoms with van der Waals surface area (Å²) >= 11 is 13.5. The van der Waals surface area contributed by atoms with Crippen molar-refractivity contribution in [2.75, 3.05) is 60.1 Å². The summed E-state index contributed by atoms with van der Waals surface area (Å²) in [5.41, 5.74) is 20.0. The number of nitrogens with one attached hydrogen (secondary N) is 1. The zero-order valence-electron chi connectivity index (χ0n) is 47.8. The van der Waals surface area contributed by atoms with Crippen molar-refractivity contribution in [2.45, 2.75) is 19.6 Å². The maximum atomic E-state index is 12.5. The minimum Gasteiger partial charge on any atom is -0.480 e. The molecule has 1 amide bonds. The summed E-state index contributed by atoms with van der Waals surface area (Å²) in [5.74, 6) is 4.05. The lowest BCUT2D eigenvalue weighted by molar-refractivity contribution is -0.138. The lowest BCUT2D eigenvalue weighted by Gasteiger charge is -2.10. The highest BCUT2D eigenvalue weighted by molar-refractivity contribution is 6.39. The van der Waals surface area contributed by atoms with Gasteiger partial charge in [-0.05, 0) is 76.7 Å². The topological polar surface area (TPSA) is 306 Å². The summed E-state index contributed by atoms with van der Waals surface area (Å²) in [6.07, 6.45) is 9.99. The number of amides is 1. The standard InChI is InChI=1S/C22H22ClN7O.C18H12ClN5O2.C18H14N4O2.C4H12N2/c1-29(2)12-11-25-17(31)14-30-22-18(20(28-30)16-9-6-10-24-13-16)19(23)21(26-27-22)15-7-4-3-5-8-15;19-15-14-16(12-7-4-8-20-9-12)23-24(10-13(25)26)18(14)22-21-17(15)11-5-2-1-3-6-11;19-18-15(9-8-13-5-2-1-3-6-13)17(14-7-4-10-20-11-14)21-22(18)12-16(23)24;1-6(2)4-3-5/h3-10,13H,11-12,14H2,1-2H3,(H,25,31);1-9H,10H2,(H,25,26);1-7,10-11H,12,19H2,(H,23,24);3-5H2,1-2H3. The van der Waals surface area contributed by atoms with E-state index in [1.54, 1.807) is 49.3 Å². The Balaban J connectivity index is 0.000000163. The van der Waals surface area contributed by atoms with Crippen LogP contribution in [0, 0.1) is 11.8 Å². The number of carbonyl (C=O) groups excluding carboxylic acids is 1. The SMILES string of the molecule is CN(C)CCN.CN(C)CCNC(=O)Cn1nc(-c2cccnc2)c2c(Cl)c(-c3ccccc3)nnc21.Nc1c(C#Cc2ccccc2)c(-c2cccnc2)nn1CC(=O)O.O=C(O)Cn1nc(-c2cccnc2)c2c(Cl)c(-c3ccccc3)nnc21. The molecule has 25 heteroatoms. The van der Waals surface area contributed by atoms with Crippen molar-refractivity contribution in [3.8, 4) is 68.1 Å². The van der Waals surface area contributed by atoms with Crippen LogP contribution in [0.3, 0.4) is 0 Å². The third-order valence-corrected chi connectivity index (χ3v) is 13.2. The number of nitrogen functional groups attached to an aromatic ring is 1. The molecule has 0 bridgehead atoms. The van der Waals surface area contributed by atoms with E-state index in [-0.39, 0.29) is 31.4 Å². The summed E-state index contributed by atoms with van der Waals surface area (Å²) in [4.78, 5) is 51.1. The Labute approximate surface area is 510 Å². The third-order valence-electron chi connectivity index (χ3n) is 12.5. The smallest absolute Gasteiger partial charge is 0.325 e. The highest BCUT2D eigenvalue weighted by atomic mass is 35.5. The fraction of sp³-hybridized carbons (Fsp3) is 0.177. The van der Waals surface area contributed by atoms with Crippen LogP contribution in [0.25, 0.3) is 78.4 Å². The lowest BCUT2D eigenvalue weighted by Crippen LogP contribution is -2.33. The molecule has 0 aliphatic rings. The van der Waals surface area contributed by atoms with Gasteiger partial charge >= 0.3 is 11.9 Å². The molecule has 0 unspecified atom stereocenters. The number of carboxylic acid groups (broad SMARTS) is 2. The van der Waals surface area contributed by atoms with E-state index >= 15 is 0 Å². The largest absolute Gasteiger partial charge is 0.480 e. The molecule has 8 heterocycles. The van der Waals surface area contributed by atoms with Crippen LogP contribution in [0.15, 0.2) is 165 Å². The van der Waals surface area contributed by atoms with Crippen LogP contribution in [0.5, 0.6) is 0 Å². The number of likely N-dealkylation sites (N-methyl/N-ethyl adjacent to an activating group) is 2. The van der Waals surface area contributed by atoms with Gasteiger partial charge in [0, 0.05) is 96.7 Å². The Kier molecular flexibility index (Phi) is 21.9. The van der Waals surface area contributed by atoms with Crippen molar-refractivity contribution in [2.24, 2.45) is 5.73 Å². The van der Waals surface area contributed by atoms with E-state index in [0.717, 1.165) is 53.0 Å². The van der Waals surface area contributed by atoms with Crippen molar-refractivity contribution < 1.29 is 24.6 Å². The number of benzene rings is 3. The first-order chi connectivity index (χ1) is 42.1. The maximum absolute atomic E-state index is 12.5. The number of pyridine rings is 3. The Hall–Kier alpha value is -10.4. The van der Waals surface area contributed by atoms with Crippen LogP contribution in [-0.4, -0.2) is 157 Å². The predicted octanol–water partition coefficient (Wildman–Crippen LogP) is 7.70. The van der Waals surface area contributed by atoms with Crippen LogP contribution < -0.4 is 16.8 Å². The van der Waals surface area contributed by atoms with E-state index in [0.29, 0.717) is 72.7 Å². The molecule has 87 heavy (non-hydrogen) atoms. The van der Waals surface area contributed by atoms with Crippen molar-refractivity contribution in [3.05, 3.63) is 186 Å². The Morgan fingerprint density at radius 2 is 0.931 bits per heavy atom. The number of nitrogens with two attached hydrogens (primary N) is 2. The minimum atomic E-state index is -1.03. The first kappa shape index (κ1) is 62.7. The number of aromatic nitrogens is 13. The molecule has 0 radical (unpaired) electrons. The van der Waals surface area contributed by atoms with Crippen molar-refractivity contribution in [3.63, 3.8) is 0 Å². The first-order valence-electron chi connectivity index (χ1n) is 26.9. The second kappa shape index (κ2) is 30.5. The molecule has 23 nitrogen and oxygen atoms in total. The quantitative estimate of drug-likeness (QED) is 0.0579. The number of hydrogen-bond acceptors (Lipinski definition) is 17. The molecule has 0 saturated carbocycles. The molecule has 11 aromatic rings. The summed E-state index contributed by atoms with van der Waals surface area (Å²) in [6, 6.07) is 39.4. The first-order valence-corrected chi connectivity index (χ1v) is 27.7. The molecular weight excluding hydrogens is 1150 g/mol. The number of fused-ring (bicyclic) bond motifs is 2. The second-order valence-electron chi connectivity index (χ2n) is 19.5. The summed E-state index contributed by atoms with van der Waals surface area (Å²) in [6.45, 7) is 2.38. The van der Waals surface area contributed by atoms with Gasteiger partial charge in [-0.25, -0.2) is 14.0 Å². The van der Waals surface area contributed by atoms with Gasteiger partial charge in [0.1, 0.15) is 53.9 Å². The van der Waals surface area contributed by atoms with E-state index in [2.05, 4.69) is 72.7 Å². The average molecular weight is 1210 g/mol. The van der Waals surface area contributed by atoms with Crippen molar-refractivity contribution in [1.82, 2.24) is 79.8 Å². The van der Waals surface area contributed by atoms with Gasteiger partial charge in [0.15, 0.2) is 11.3 Å². The van der Waals surface area contributed by atoms with Crippen LogP contribution in [0.1, 0.15) is 11.1 Å². The molecule has 11 rings (SSSR count). The highest BCUT2D eigenvalue weighted by Crippen LogP contribution is 2.39. The Morgan fingerprint density at radius 1 is 0.517 bits per heavy atom. The number of carboxylic acids is 2. The molecule has 442 valence electrons. The summed E-state index contributed by atoms with van der Waals surface area (Å²) in [7, 11) is 7.92. The second-order valence-corrected chi connectivity index (χ2v) is 20.3. The molecule has 0 fully saturated rings. The van der Waals surface area contributed by atoms with E-state index < -0.39 is 11.9 Å². The molecular formula is C62H60Cl2N18O5. The molecule has 0 saturated heterocycles. The number of aliphatic carboxylic acids is 2. The molecule has 0 atom stereocenters. The minimum absolute atomic E-state index is 0.0138. The summed E-state index contributed by atoms with van der Waals surface area (Å²) in [5, 5.41) is 53.5. The van der Waals surface area contributed by atoms with Crippen molar-refractivity contribution >= 4 is 68.9 Å². The number of anilines is 1. The molecule has 3 aromatic carbocycles. The van der Waals surface area contributed by atoms with Gasteiger partial charge in [-0.2, -0.15) is 15.3 Å². The highest BCUT2D eigenvalue weighted by Gasteiger charge is 2.24. The Morgan fingerprint density at radius 3 is 1.34 bits per heavy atom. The van der Waals surface area contributed by atoms with Crippen LogP contribution >= 0.6 is 23.2 Å². The number of halogens is 2. The molecule has 0 aliphatic heterocycles. The predicted molar refractivity (Wildman–Crippen MR) is 335 cm³/mol. The Bertz CT molecular complexity index is 4150. The lowest BCUT2D eigenvalue weighted by atomic mass is 10.1. The van der Waals surface area contributed by atoms with Crippen molar-refractivity contribution in [1.29, 1.82) is 0 Å². The van der Waals surface area contributed by atoms with E-state index in [9.17, 15) is 14.4 Å². The van der Waals surface area contributed by atoms with Crippen LogP contribution in [0.2, 0.25) is 10.0 Å². The summed E-state index contributed by atoms with van der Waals surface area (Å²) < 4.78 is 4.06. The number of nitrogens with zero attached hydrogens (tertiary/aromatic N) is 15. The fourth-order valence-electron chi connectivity index (χ4n) is 8.43. The number of hydrogen-bond donors (Lipinski definition) is 5. The van der Waals surface area contributed by atoms with E-state index in [4.69, 9.17) is 44.9 Å². The van der Waals surface area contributed by atoms with Gasteiger partial charge < -0.3 is 36.8 Å². The van der Waals surface area contributed by atoms with E-state index in [1.165, 1.54) is 14.0 Å². The molecule has 7 N–H and O–H groups in total. The zero-order chi connectivity index (χ0) is 61.8. The fourth-order valence-corrected chi connectivity index (χ4v) is 9.07. The van der Waals surface area contributed by atoms with Gasteiger partial charge in [0.25, 0.3) is 0 Å². The normalized spacial score (nSPS) is 10.7. The third kappa shape index (κ3) is 16.5. The maximum Gasteiger partial charge on any atom is 0.325 e. The molecule has 0 spiro atoms. The zero-order valence-corrected chi connectivity index (χ0v) is 49.3. The molecule has 8 aromatic heterocycles. The monoisotopic (exact) mass is 1210 g/mol. The van der Waals surface area contributed by atoms with Gasteiger partial charge in [0.05, 0.1) is 26.4 Å². The number of carbonyl (C=O) groups is 3. The van der Waals surface area contributed by atoms with Gasteiger partial charge in [-0.15, -0.1) is 20.4 Å². The molecule has 0 aliphatic carbocycles. The number of rotatable bonds is 16. The average Bonchev–Trinajstić information content (AvgIpc) is 1.85. The van der Waals surface area contributed by atoms with Gasteiger partial charge in [-0.1, -0.05) is 114 Å². The van der Waals surface area contributed by atoms with E-state index in [1.807, 2.05) is 148 Å². The van der Waals surface area contributed by atoms with Gasteiger partial charge in [0.2, 0.25) is 5.91 Å². The van der Waals surface area contributed by atoms with Crippen LogP contribution in [-0.2, 0) is 34.0 Å². The van der Waals surface area contributed by atoms with Gasteiger partial charge in [-0.3, -0.25) is 29.3 Å². The van der Waals surface area contributed by atoms with Crippen LogP contribution in [0.4, 0.5) is 5.82 Å².